The van der Waals surface area contributed by atoms with Gasteiger partial charge in [-0.25, -0.2) is 4.79 Å². The number of aryl methyl sites for hydroxylation is 1. The van der Waals surface area contributed by atoms with Gasteiger partial charge in [0, 0.05) is 74.7 Å². The Labute approximate surface area is 280 Å². The molecule has 6 rings (SSSR count). The van der Waals surface area contributed by atoms with Gasteiger partial charge in [0.2, 0.25) is 5.91 Å². The van der Waals surface area contributed by atoms with Crippen LogP contribution in [0.1, 0.15) is 60.0 Å². The van der Waals surface area contributed by atoms with Crippen molar-refractivity contribution < 1.29 is 23.9 Å². The number of likely N-dealkylation sites (N-methyl/N-ethyl adjacent to an activating group) is 1. The molecular formula is C36H42ClN5O5. The van der Waals surface area contributed by atoms with Crippen molar-refractivity contribution >= 4 is 57.9 Å². The van der Waals surface area contributed by atoms with Crippen molar-refractivity contribution in [2.24, 2.45) is 4.99 Å². The van der Waals surface area contributed by atoms with Crippen LogP contribution in [-0.2, 0) is 4.79 Å². The van der Waals surface area contributed by atoms with Crippen LogP contribution in [0.3, 0.4) is 0 Å². The van der Waals surface area contributed by atoms with Crippen LogP contribution in [-0.4, -0.2) is 92.2 Å². The molecule has 10 nitrogen and oxygen atoms in total. The second-order valence-corrected chi connectivity index (χ2v) is 13.0. The molecule has 1 saturated heterocycles. The number of aliphatic imine (C=N–C) groups is 1. The summed E-state index contributed by atoms with van der Waals surface area (Å²) in [6.45, 7) is 7.62. The second kappa shape index (κ2) is 14.3. The van der Waals surface area contributed by atoms with Crippen molar-refractivity contribution in [3.63, 3.8) is 0 Å². The number of anilines is 1. The van der Waals surface area contributed by atoms with Crippen LogP contribution in [0.5, 0.6) is 11.5 Å². The first-order valence-corrected chi connectivity index (χ1v) is 17.0. The normalized spacial score (nSPS) is 19.3. The number of ether oxygens (including phenoxy) is 2. The Kier molecular flexibility index (Phi) is 9.98. The predicted octanol–water partition coefficient (Wildman–Crippen LogP) is 6.04. The van der Waals surface area contributed by atoms with E-state index in [0.29, 0.717) is 67.7 Å². The molecule has 3 aromatic carbocycles. The number of unbranched alkanes of at least 4 members (excludes halogenated alkanes) is 2. The van der Waals surface area contributed by atoms with Crippen LogP contribution in [0.15, 0.2) is 47.5 Å². The summed E-state index contributed by atoms with van der Waals surface area (Å²) in [5, 5.41) is 4.69. The summed E-state index contributed by atoms with van der Waals surface area (Å²) in [5.41, 5.74) is 3.82. The zero-order valence-electron chi connectivity index (χ0n) is 27.3. The lowest BCUT2D eigenvalue weighted by molar-refractivity contribution is -0.118. The SMILES string of the molecule is Cc1cc2c(cc1OCCCCCC(=O)N1C[C@@H](CCl)c3c1cc(OC(=O)N1CCN(C)CC1)c1ccccc31)N=C[C@H](C)NC2=O. The molecule has 11 heteroatoms. The lowest BCUT2D eigenvalue weighted by Gasteiger charge is -2.31. The summed E-state index contributed by atoms with van der Waals surface area (Å²) in [6, 6.07) is 13.2. The molecule has 0 aliphatic carbocycles. The molecule has 0 spiro atoms. The monoisotopic (exact) mass is 659 g/mol. The van der Waals surface area contributed by atoms with Crippen molar-refractivity contribution in [3.05, 3.63) is 59.2 Å². The highest BCUT2D eigenvalue weighted by Gasteiger charge is 2.35. The first kappa shape index (κ1) is 32.8. The van der Waals surface area contributed by atoms with Gasteiger partial charge in [0.1, 0.15) is 11.5 Å². The highest BCUT2D eigenvalue weighted by Crippen LogP contribution is 2.46. The van der Waals surface area contributed by atoms with Gasteiger partial charge in [0.25, 0.3) is 5.91 Å². The summed E-state index contributed by atoms with van der Waals surface area (Å²) in [6.07, 6.45) is 4.05. The minimum absolute atomic E-state index is 0.0147. The van der Waals surface area contributed by atoms with Gasteiger partial charge in [0.05, 0.1) is 29.6 Å². The van der Waals surface area contributed by atoms with Crippen LogP contribution >= 0.6 is 11.6 Å². The van der Waals surface area contributed by atoms with Crippen LogP contribution in [0.25, 0.3) is 10.8 Å². The first-order chi connectivity index (χ1) is 22.7. The number of rotatable bonds is 9. The van der Waals surface area contributed by atoms with Gasteiger partial charge in [-0.3, -0.25) is 14.6 Å². The van der Waals surface area contributed by atoms with Crippen molar-refractivity contribution in [1.82, 2.24) is 15.1 Å². The minimum Gasteiger partial charge on any atom is -0.493 e. The van der Waals surface area contributed by atoms with E-state index in [4.69, 9.17) is 21.1 Å². The van der Waals surface area contributed by atoms with Gasteiger partial charge in [-0.15, -0.1) is 11.6 Å². The number of benzene rings is 3. The molecule has 3 aliphatic rings. The van der Waals surface area contributed by atoms with Gasteiger partial charge in [-0.2, -0.15) is 0 Å². The summed E-state index contributed by atoms with van der Waals surface area (Å²) in [7, 11) is 2.04. The zero-order valence-corrected chi connectivity index (χ0v) is 28.0. The Morgan fingerprint density at radius 1 is 1.02 bits per heavy atom. The third-order valence-corrected chi connectivity index (χ3v) is 9.57. The molecule has 0 aromatic heterocycles. The number of piperazine rings is 1. The van der Waals surface area contributed by atoms with E-state index in [1.165, 1.54) is 0 Å². The second-order valence-electron chi connectivity index (χ2n) is 12.7. The van der Waals surface area contributed by atoms with E-state index in [1.54, 1.807) is 11.1 Å². The lowest BCUT2D eigenvalue weighted by atomic mass is 9.95. The summed E-state index contributed by atoms with van der Waals surface area (Å²) < 4.78 is 12.1. The quantitative estimate of drug-likeness (QED) is 0.222. The molecule has 248 valence electrons. The van der Waals surface area contributed by atoms with Crippen LogP contribution in [0, 0.1) is 6.92 Å². The Balaban J connectivity index is 1.08. The average Bonchev–Trinajstić information content (AvgIpc) is 3.38. The number of halogens is 1. The molecule has 47 heavy (non-hydrogen) atoms. The number of carbonyl (C=O) groups excluding carboxylic acids is 3. The van der Waals surface area contributed by atoms with Crippen LogP contribution in [0.2, 0.25) is 0 Å². The maximum Gasteiger partial charge on any atom is 0.415 e. The molecule has 0 saturated carbocycles. The summed E-state index contributed by atoms with van der Waals surface area (Å²) in [4.78, 5) is 49.4. The minimum atomic E-state index is -0.371. The third-order valence-electron chi connectivity index (χ3n) is 9.20. The first-order valence-electron chi connectivity index (χ1n) is 16.4. The molecule has 3 aliphatic heterocycles. The fourth-order valence-corrected chi connectivity index (χ4v) is 6.77. The van der Waals surface area contributed by atoms with E-state index in [0.717, 1.165) is 53.5 Å². The number of nitrogens with one attached hydrogen (secondary N) is 1. The number of hydrogen-bond acceptors (Lipinski definition) is 7. The highest BCUT2D eigenvalue weighted by atomic mass is 35.5. The zero-order chi connectivity index (χ0) is 33.1. The number of nitrogens with zero attached hydrogens (tertiary/aromatic N) is 4. The Bertz CT molecular complexity index is 1700. The molecule has 1 N–H and O–H groups in total. The van der Waals surface area contributed by atoms with Gasteiger partial charge < -0.3 is 29.5 Å². The van der Waals surface area contributed by atoms with E-state index in [2.05, 4.69) is 15.2 Å². The predicted molar refractivity (Wildman–Crippen MR) is 185 cm³/mol. The largest absolute Gasteiger partial charge is 0.493 e. The maximum absolute atomic E-state index is 13.6. The molecule has 3 heterocycles. The number of amides is 3. The molecule has 3 amide bonds. The van der Waals surface area contributed by atoms with Gasteiger partial charge in [0.15, 0.2) is 0 Å². The smallest absolute Gasteiger partial charge is 0.415 e. The Morgan fingerprint density at radius 3 is 2.55 bits per heavy atom. The fourth-order valence-electron chi connectivity index (χ4n) is 6.51. The van der Waals surface area contributed by atoms with Crippen molar-refractivity contribution in [1.29, 1.82) is 0 Å². The topological polar surface area (TPSA) is 104 Å². The molecule has 2 atom stereocenters. The number of fused-ring (bicyclic) bond motifs is 4. The van der Waals surface area contributed by atoms with Gasteiger partial charge in [-0.05, 0) is 62.7 Å². The van der Waals surface area contributed by atoms with E-state index < -0.39 is 0 Å². The van der Waals surface area contributed by atoms with Gasteiger partial charge in [-0.1, -0.05) is 24.3 Å². The molecule has 0 radical (unpaired) electrons. The average molecular weight is 660 g/mol. The van der Waals surface area contributed by atoms with Crippen molar-refractivity contribution in [2.75, 3.05) is 57.2 Å². The highest BCUT2D eigenvalue weighted by molar-refractivity contribution is 6.19. The molecular weight excluding hydrogens is 618 g/mol. The van der Waals surface area contributed by atoms with Crippen LogP contribution in [0.4, 0.5) is 16.2 Å². The standard InChI is InChI=1S/C36H42ClN5O5/c1-23-17-28-29(38-21-24(2)39-35(28)44)18-31(23)46-16-8-4-5-11-33(43)42-22-25(20-37)34-27-10-7-6-9-26(27)32(19-30(34)42)47-36(45)41-14-12-40(3)13-15-41/h6-7,9-10,17-19,21,24-25H,4-5,8,11-16,20,22H2,1-3H3,(H,39,44)/t24-,25+/m0/s1. The summed E-state index contributed by atoms with van der Waals surface area (Å²) in [5.74, 6) is 1.42. The Morgan fingerprint density at radius 2 is 1.79 bits per heavy atom. The number of hydrogen-bond donors (Lipinski definition) is 1. The Hall–Kier alpha value is -4.15. The number of alkyl halides is 1. The molecule has 0 unspecified atom stereocenters. The van der Waals surface area contributed by atoms with E-state index in [-0.39, 0.29) is 29.9 Å². The van der Waals surface area contributed by atoms with E-state index in [9.17, 15) is 14.4 Å². The lowest BCUT2D eigenvalue weighted by Crippen LogP contribution is -2.48. The van der Waals surface area contributed by atoms with E-state index >= 15 is 0 Å². The molecule has 1 fully saturated rings. The van der Waals surface area contributed by atoms with Crippen molar-refractivity contribution in [2.45, 2.75) is 51.5 Å². The maximum atomic E-state index is 13.6. The molecule has 0 bridgehead atoms. The number of carbonyl (C=O) groups is 3. The summed E-state index contributed by atoms with van der Waals surface area (Å²) >= 11 is 6.45. The third kappa shape index (κ3) is 7.09. The van der Waals surface area contributed by atoms with E-state index in [1.807, 2.05) is 68.3 Å². The fraction of sp³-hybridized carbons (Fsp3) is 0.444. The molecule has 3 aromatic rings. The van der Waals surface area contributed by atoms with Crippen molar-refractivity contribution in [3.8, 4) is 11.5 Å². The van der Waals surface area contributed by atoms with Crippen LogP contribution < -0.4 is 19.7 Å². The van der Waals surface area contributed by atoms with Gasteiger partial charge >= 0.3 is 6.09 Å².